The first-order chi connectivity index (χ1) is 9.58. The highest BCUT2D eigenvalue weighted by Crippen LogP contribution is 2.32. The lowest BCUT2D eigenvalue weighted by molar-refractivity contribution is -0.0103. The number of ether oxygens (including phenoxy) is 2. The van der Waals surface area contributed by atoms with Gasteiger partial charge in [-0.3, -0.25) is 4.79 Å². The number of carbonyl (C=O) groups excluding carboxylic acids is 1. The van der Waals surface area contributed by atoms with E-state index in [9.17, 15) is 9.90 Å². The number of hydrogen-bond donors (Lipinski definition) is 1. The first-order valence-corrected chi connectivity index (χ1v) is 6.75. The van der Waals surface area contributed by atoms with Crippen LogP contribution in [0.4, 0.5) is 5.69 Å². The summed E-state index contributed by atoms with van der Waals surface area (Å²) in [5.41, 5.74) is 1.42. The summed E-state index contributed by atoms with van der Waals surface area (Å²) >= 11 is 0. The molecule has 0 aliphatic carbocycles. The molecule has 1 heterocycles. The van der Waals surface area contributed by atoms with Gasteiger partial charge < -0.3 is 19.5 Å². The Labute approximate surface area is 119 Å². The van der Waals surface area contributed by atoms with E-state index in [0.29, 0.717) is 24.5 Å². The molecule has 0 bridgehead atoms. The summed E-state index contributed by atoms with van der Waals surface area (Å²) in [5.74, 6) is 0.547. The van der Waals surface area contributed by atoms with Gasteiger partial charge in [-0.15, -0.1) is 0 Å². The smallest absolute Gasteiger partial charge is 0.165 e. The fraction of sp³-hybridized carbons (Fsp3) is 0.533. The molecule has 1 fully saturated rings. The monoisotopic (exact) mass is 279 g/mol. The van der Waals surface area contributed by atoms with Crippen LogP contribution < -0.4 is 9.64 Å². The second kappa shape index (κ2) is 6.24. The molecule has 1 aliphatic rings. The molecule has 0 radical (unpaired) electrons. The molecule has 20 heavy (non-hydrogen) atoms. The van der Waals surface area contributed by atoms with Crippen LogP contribution in [0.5, 0.6) is 5.75 Å². The lowest BCUT2D eigenvalue weighted by Crippen LogP contribution is -2.50. The topological polar surface area (TPSA) is 59.0 Å². The van der Waals surface area contributed by atoms with Crippen molar-refractivity contribution >= 4 is 11.5 Å². The third-order valence-electron chi connectivity index (χ3n) is 3.59. The highest BCUT2D eigenvalue weighted by Gasteiger charge is 2.29. The maximum absolute atomic E-state index is 12.0. The van der Waals surface area contributed by atoms with Gasteiger partial charge in [-0.25, -0.2) is 0 Å². The van der Waals surface area contributed by atoms with E-state index >= 15 is 0 Å². The highest BCUT2D eigenvalue weighted by atomic mass is 16.5. The molecule has 2 rings (SSSR count). The van der Waals surface area contributed by atoms with E-state index in [0.717, 1.165) is 5.69 Å². The molecule has 110 valence electrons. The van der Waals surface area contributed by atoms with Gasteiger partial charge in [0.15, 0.2) is 5.78 Å². The second-order valence-corrected chi connectivity index (χ2v) is 5.05. The second-order valence-electron chi connectivity index (χ2n) is 5.05. The van der Waals surface area contributed by atoms with Crippen LogP contribution in [-0.2, 0) is 4.74 Å². The third-order valence-corrected chi connectivity index (χ3v) is 3.59. The first kappa shape index (κ1) is 14.8. The van der Waals surface area contributed by atoms with Crippen LogP contribution in [0, 0.1) is 0 Å². The van der Waals surface area contributed by atoms with E-state index < -0.39 is 0 Å². The Balaban J connectivity index is 2.42. The molecule has 1 aromatic rings. The number of anilines is 1. The molecule has 5 nitrogen and oxygen atoms in total. The van der Waals surface area contributed by atoms with Crippen LogP contribution >= 0.6 is 0 Å². The molecule has 2 atom stereocenters. The van der Waals surface area contributed by atoms with E-state index in [1.54, 1.807) is 13.2 Å². The lowest BCUT2D eigenvalue weighted by Gasteiger charge is -2.40. The number of benzene rings is 1. The Bertz CT molecular complexity index is 489. The highest BCUT2D eigenvalue weighted by molar-refractivity contribution is 6.02. The van der Waals surface area contributed by atoms with Crippen molar-refractivity contribution < 1.29 is 19.4 Å². The molecule has 0 aromatic heterocycles. The zero-order chi connectivity index (χ0) is 14.7. The van der Waals surface area contributed by atoms with Gasteiger partial charge in [0.25, 0.3) is 0 Å². The van der Waals surface area contributed by atoms with Crippen molar-refractivity contribution in [1.82, 2.24) is 0 Å². The predicted octanol–water partition coefficient (Wildman–Crippen LogP) is 1.48. The number of ketones is 1. The summed E-state index contributed by atoms with van der Waals surface area (Å²) in [4.78, 5) is 14.1. The summed E-state index contributed by atoms with van der Waals surface area (Å²) in [7, 11) is 1.56. The first-order valence-electron chi connectivity index (χ1n) is 6.75. The van der Waals surface area contributed by atoms with Crippen LogP contribution in [0.1, 0.15) is 24.2 Å². The zero-order valence-corrected chi connectivity index (χ0v) is 12.1. The van der Waals surface area contributed by atoms with Gasteiger partial charge in [0.2, 0.25) is 0 Å². The minimum absolute atomic E-state index is 0.0252. The van der Waals surface area contributed by atoms with Gasteiger partial charge in [0, 0.05) is 12.6 Å². The summed E-state index contributed by atoms with van der Waals surface area (Å²) < 4.78 is 10.8. The van der Waals surface area contributed by atoms with Crippen LogP contribution in [0.25, 0.3) is 0 Å². The lowest BCUT2D eigenvalue weighted by atomic mass is 10.0. The average Bonchev–Trinajstić information content (AvgIpc) is 2.46. The van der Waals surface area contributed by atoms with Gasteiger partial charge in [0.05, 0.1) is 37.7 Å². The van der Waals surface area contributed by atoms with E-state index in [1.165, 1.54) is 6.92 Å². The van der Waals surface area contributed by atoms with Crippen molar-refractivity contribution in [1.29, 1.82) is 0 Å². The number of aliphatic hydroxyl groups is 1. The molecule has 1 aliphatic heterocycles. The molecule has 1 aromatic carbocycles. The van der Waals surface area contributed by atoms with E-state index in [4.69, 9.17) is 9.47 Å². The number of aliphatic hydroxyl groups excluding tert-OH is 1. The number of carbonyl (C=O) groups is 1. The summed E-state index contributed by atoms with van der Waals surface area (Å²) in [6.07, 6.45) is -0.225. The molecule has 0 spiro atoms. The van der Waals surface area contributed by atoms with E-state index in [1.807, 2.05) is 19.1 Å². The van der Waals surface area contributed by atoms with E-state index in [2.05, 4.69) is 4.90 Å². The number of rotatable bonds is 4. The van der Waals surface area contributed by atoms with Crippen molar-refractivity contribution in [3.63, 3.8) is 0 Å². The van der Waals surface area contributed by atoms with Gasteiger partial charge in [0.1, 0.15) is 5.75 Å². The average molecular weight is 279 g/mol. The molecular formula is C15H21NO4. The Morgan fingerprint density at radius 3 is 2.90 bits per heavy atom. The number of morpholine rings is 1. The van der Waals surface area contributed by atoms with Crippen LogP contribution in [0.2, 0.25) is 0 Å². The Kier molecular flexibility index (Phi) is 4.62. The molecule has 0 saturated carbocycles. The van der Waals surface area contributed by atoms with Crippen molar-refractivity contribution in [3.05, 3.63) is 23.8 Å². The van der Waals surface area contributed by atoms with Crippen LogP contribution in [-0.4, -0.2) is 49.9 Å². The van der Waals surface area contributed by atoms with Gasteiger partial charge in [-0.05, 0) is 26.0 Å². The van der Waals surface area contributed by atoms with Gasteiger partial charge >= 0.3 is 0 Å². The standard InChI is InChI=1S/C15H21NO4/c1-10-9-20-12(8-17)7-16(10)13-5-4-6-14(19-3)15(13)11(2)18/h4-6,10,12,17H,7-9H2,1-3H3. The minimum Gasteiger partial charge on any atom is -0.496 e. The molecule has 2 unspecified atom stereocenters. The molecule has 1 saturated heterocycles. The number of nitrogens with zero attached hydrogens (tertiary/aromatic N) is 1. The fourth-order valence-electron chi connectivity index (χ4n) is 2.55. The largest absolute Gasteiger partial charge is 0.496 e. The van der Waals surface area contributed by atoms with Crippen molar-refractivity contribution in [2.45, 2.75) is 26.0 Å². The van der Waals surface area contributed by atoms with Gasteiger partial charge in [-0.1, -0.05) is 6.07 Å². The molecular weight excluding hydrogens is 258 g/mol. The molecule has 0 amide bonds. The summed E-state index contributed by atoms with van der Waals surface area (Å²) in [6, 6.07) is 5.71. The SMILES string of the molecule is COc1cccc(N2CC(CO)OCC2C)c1C(C)=O. The number of Topliss-reactive ketones (excluding diaryl/α,β-unsaturated/α-hetero) is 1. The Morgan fingerprint density at radius 2 is 2.30 bits per heavy atom. The van der Waals surface area contributed by atoms with Crippen molar-refractivity contribution in [3.8, 4) is 5.75 Å². The number of methoxy groups -OCH3 is 1. The predicted molar refractivity (Wildman–Crippen MR) is 76.6 cm³/mol. The zero-order valence-electron chi connectivity index (χ0n) is 12.1. The number of hydrogen-bond acceptors (Lipinski definition) is 5. The molecule has 5 heteroatoms. The minimum atomic E-state index is -0.225. The molecule has 1 N–H and O–H groups in total. The van der Waals surface area contributed by atoms with Crippen molar-refractivity contribution in [2.75, 3.05) is 31.8 Å². The Morgan fingerprint density at radius 1 is 1.55 bits per heavy atom. The van der Waals surface area contributed by atoms with Crippen LogP contribution in [0.3, 0.4) is 0 Å². The fourth-order valence-corrected chi connectivity index (χ4v) is 2.55. The Hall–Kier alpha value is -1.59. The normalized spacial score (nSPS) is 22.7. The van der Waals surface area contributed by atoms with Crippen molar-refractivity contribution in [2.24, 2.45) is 0 Å². The maximum Gasteiger partial charge on any atom is 0.165 e. The summed E-state index contributed by atoms with van der Waals surface area (Å²) in [5, 5.41) is 9.28. The maximum atomic E-state index is 12.0. The van der Waals surface area contributed by atoms with E-state index in [-0.39, 0.29) is 24.5 Å². The summed E-state index contributed by atoms with van der Waals surface area (Å²) in [6.45, 7) is 4.64. The quantitative estimate of drug-likeness (QED) is 0.846. The van der Waals surface area contributed by atoms with Gasteiger partial charge in [-0.2, -0.15) is 0 Å². The van der Waals surface area contributed by atoms with Crippen LogP contribution in [0.15, 0.2) is 18.2 Å². The third kappa shape index (κ3) is 2.78.